The van der Waals surface area contributed by atoms with Crippen LogP contribution in [0, 0.1) is 5.82 Å². The summed E-state index contributed by atoms with van der Waals surface area (Å²) in [5, 5.41) is 0.640. The molecular formula is C25H23FN2O5S. The van der Waals surface area contributed by atoms with Crippen LogP contribution in [0.4, 0.5) is 10.1 Å². The van der Waals surface area contributed by atoms with E-state index in [1.807, 2.05) is 6.92 Å². The van der Waals surface area contributed by atoms with Gasteiger partial charge in [0.15, 0.2) is 17.3 Å². The summed E-state index contributed by atoms with van der Waals surface area (Å²) in [6, 6.07) is 15.5. The van der Waals surface area contributed by atoms with Crippen LogP contribution in [0.1, 0.15) is 12.5 Å². The van der Waals surface area contributed by atoms with Crippen molar-refractivity contribution in [2.75, 3.05) is 18.9 Å². The van der Waals surface area contributed by atoms with E-state index in [-0.39, 0.29) is 16.3 Å². The third-order valence-electron chi connectivity index (χ3n) is 5.27. The van der Waals surface area contributed by atoms with E-state index in [4.69, 9.17) is 14.2 Å². The maximum atomic E-state index is 14.8. The van der Waals surface area contributed by atoms with E-state index >= 15 is 0 Å². The van der Waals surface area contributed by atoms with Crippen molar-refractivity contribution in [3.05, 3.63) is 78.2 Å². The number of hydrogen-bond acceptors (Lipinski definition) is 6. The first-order valence-electron chi connectivity index (χ1n) is 10.4. The van der Waals surface area contributed by atoms with Crippen LogP contribution in [0.3, 0.4) is 0 Å². The third-order valence-corrected chi connectivity index (χ3v) is 6.65. The Morgan fingerprint density at radius 1 is 0.941 bits per heavy atom. The van der Waals surface area contributed by atoms with E-state index in [9.17, 15) is 12.8 Å². The molecule has 0 aliphatic rings. The molecule has 1 N–H and O–H groups in total. The Kier molecular flexibility index (Phi) is 6.56. The molecule has 0 aliphatic heterocycles. The predicted octanol–water partition coefficient (Wildman–Crippen LogP) is 5.55. The molecule has 0 atom stereocenters. The van der Waals surface area contributed by atoms with Crippen molar-refractivity contribution in [1.82, 2.24) is 4.98 Å². The lowest BCUT2D eigenvalue weighted by Crippen LogP contribution is -2.14. The number of pyridine rings is 1. The van der Waals surface area contributed by atoms with Crippen LogP contribution in [0.25, 0.3) is 10.9 Å². The molecule has 0 spiro atoms. The zero-order valence-corrected chi connectivity index (χ0v) is 19.6. The van der Waals surface area contributed by atoms with Gasteiger partial charge in [0.2, 0.25) is 0 Å². The molecule has 0 saturated carbocycles. The number of halogens is 1. The summed E-state index contributed by atoms with van der Waals surface area (Å²) in [4.78, 5) is 4.39. The first kappa shape index (κ1) is 23.3. The van der Waals surface area contributed by atoms with Crippen LogP contribution >= 0.6 is 0 Å². The highest BCUT2D eigenvalue weighted by molar-refractivity contribution is 7.92. The van der Waals surface area contributed by atoms with E-state index < -0.39 is 15.8 Å². The van der Waals surface area contributed by atoms with Gasteiger partial charge in [-0.25, -0.2) is 12.8 Å². The van der Waals surface area contributed by atoms with Crippen molar-refractivity contribution in [3.63, 3.8) is 0 Å². The minimum absolute atomic E-state index is 0.0528. The lowest BCUT2D eigenvalue weighted by molar-refractivity contribution is 0.358. The van der Waals surface area contributed by atoms with Crippen LogP contribution in [-0.2, 0) is 16.4 Å². The fourth-order valence-electron chi connectivity index (χ4n) is 3.47. The highest BCUT2D eigenvalue weighted by Crippen LogP contribution is 2.39. The predicted molar refractivity (Wildman–Crippen MR) is 128 cm³/mol. The Morgan fingerprint density at radius 2 is 1.71 bits per heavy atom. The SMILES string of the molecule is CCc1ccc(S(=O)(=O)Nc2ccc(Oc3ccnc4c(OC)c(OC)ccc34)cc2F)cc1. The number of aryl methyl sites for hydroxylation is 1. The minimum atomic E-state index is -3.94. The van der Waals surface area contributed by atoms with Gasteiger partial charge < -0.3 is 14.2 Å². The van der Waals surface area contributed by atoms with Crippen LogP contribution in [-0.4, -0.2) is 27.6 Å². The fraction of sp³-hybridized carbons (Fsp3) is 0.160. The number of benzene rings is 3. The summed E-state index contributed by atoms with van der Waals surface area (Å²) >= 11 is 0. The van der Waals surface area contributed by atoms with Gasteiger partial charge >= 0.3 is 0 Å². The molecule has 7 nitrogen and oxygen atoms in total. The first-order valence-corrected chi connectivity index (χ1v) is 11.9. The van der Waals surface area contributed by atoms with Crippen molar-refractivity contribution in [3.8, 4) is 23.0 Å². The van der Waals surface area contributed by atoms with E-state index in [0.29, 0.717) is 28.2 Å². The second-order valence-corrected chi connectivity index (χ2v) is 9.04. The second-order valence-electron chi connectivity index (χ2n) is 7.35. The van der Waals surface area contributed by atoms with Gasteiger partial charge in [-0.1, -0.05) is 19.1 Å². The van der Waals surface area contributed by atoms with E-state index in [0.717, 1.165) is 18.1 Å². The Hall–Kier alpha value is -3.85. The average molecular weight is 483 g/mol. The Balaban J connectivity index is 1.60. The monoisotopic (exact) mass is 482 g/mol. The Morgan fingerprint density at radius 3 is 2.35 bits per heavy atom. The molecule has 0 fully saturated rings. The van der Waals surface area contributed by atoms with E-state index in [1.165, 1.54) is 38.5 Å². The van der Waals surface area contributed by atoms with Crippen LogP contribution in [0.2, 0.25) is 0 Å². The second kappa shape index (κ2) is 9.56. The van der Waals surface area contributed by atoms with Gasteiger partial charge in [0.25, 0.3) is 10.0 Å². The number of anilines is 1. The average Bonchev–Trinajstić information content (AvgIpc) is 2.85. The number of fused-ring (bicyclic) bond motifs is 1. The molecule has 4 aromatic rings. The smallest absolute Gasteiger partial charge is 0.261 e. The molecule has 0 saturated heterocycles. The Labute approximate surface area is 197 Å². The summed E-state index contributed by atoms with van der Waals surface area (Å²) < 4.78 is 59.0. The van der Waals surface area contributed by atoms with Gasteiger partial charge in [-0.05, 0) is 54.4 Å². The number of sulfonamides is 1. The quantitative estimate of drug-likeness (QED) is 0.355. The van der Waals surface area contributed by atoms with Gasteiger partial charge in [-0.15, -0.1) is 0 Å². The summed E-state index contributed by atoms with van der Waals surface area (Å²) in [6.07, 6.45) is 2.33. The van der Waals surface area contributed by atoms with E-state index in [2.05, 4.69) is 9.71 Å². The highest BCUT2D eigenvalue weighted by atomic mass is 32.2. The van der Waals surface area contributed by atoms with E-state index in [1.54, 1.807) is 36.5 Å². The molecule has 3 aromatic carbocycles. The fourth-order valence-corrected chi connectivity index (χ4v) is 4.54. The molecule has 0 aliphatic carbocycles. The number of methoxy groups -OCH3 is 2. The van der Waals surface area contributed by atoms with Crippen LogP contribution in [0.5, 0.6) is 23.0 Å². The molecule has 0 amide bonds. The van der Waals surface area contributed by atoms with Crippen LogP contribution in [0.15, 0.2) is 71.8 Å². The molecule has 9 heteroatoms. The normalized spacial score (nSPS) is 11.3. The number of rotatable bonds is 8. The summed E-state index contributed by atoms with van der Waals surface area (Å²) in [5.74, 6) is 0.814. The number of aromatic nitrogens is 1. The molecule has 176 valence electrons. The van der Waals surface area contributed by atoms with Gasteiger partial charge in [0.1, 0.15) is 17.0 Å². The van der Waals surface area contributed by atoms with Gasteiger partial charge in [0.05, 0.1) is 24.8 Å². The zero-order chi connectivity index (χ0) is 24.3. The lowest BCUT2D eigenvalue weighted by Gasteiger charge is -2.14. The van der Waals surface area contributed by atoms with Crippen LogP contribution < -0.4 is 18.9 Å². The molecule has 34 heavy (non-hydrogen) atoms. The molecule has 0 radical (unpaired) electrons. The summed E-state index contributed by atoms with van der Waals surface area (Å²) in [6.45, 7) is 1.98. The van der Waals surface area contributed by atoms with Crippen molar-refractivity contribution in [2.45, 2.75) is 18.2 Å². The molecule has 1 aromatic heterocycles. The molecule has 0 unspecified atom stereocenters. The number of ether oxygens (including phenoxy) is 3. The first-order chi connectivity index (χ1) is 16.4. The van der Waals surface area contributed by atoms with Crippen molar-refractivity contribution in [2.24, 2.45) is 0 Å². The van der Waals surface area contributed by atoms with Crippen molar-refractivity contribution in [1.29, 1.82) is 0 Å². The third kappa shape index (κ3) is 4.60. The largest absolute Gasteiger partial charge is 0.493 e. The number of nitrogens with one attached hydrogen (secondary N) is 1. The maximum Gasteiger partial charge on any atom is 0.261 e. The van der Waals surface area contributed by atoms with Crippen molar-refractivity contribution >= 4 is 26.6 Å². The van der Waals surface area contributed by atoms with Gasteiger partial charge in [-0.3, -0.25) is 9.71 Å². The zero-order valence-electron chi connectivity index (χ0n) is 18.8. The highest BCUT2D eigenvalue weighted by Gasteiger charge is 2.18. The number of nitrogens with zero attached hydrogens (tertiary/aromatic N) is 1. The standard InChI is InChI=1S/C25H23FN2O5S/c1-4-16-5-8-18(9-6-16)34(29,30)28-21-11-7-17(15-20(21)26)33-22-13-14-27-24-19(22)10-12-23(31-2)25(24)32-3/h5-15,28H,4H2,1-3H3. The van der Waals surface area contributed by atoms with Gasteiger partial charge in [-0.2, -0.15) is 0 Å². The van der Waals surface area contributed by atoms with Gasteiger partial charge in [0, 0.05) is 17.6 Å². The maximum absolute atomic E-state index is 14.8. The summed E-state index contributed by atoms with van der Waals surface area (Å²) in [5.41, 5.74) is 1.35. The lowest BCUT2D eigenvalue weighted by atomic mass is 10.1. The Bertz CT molecular complexity index is 1440. The van der Waals surface area contributed by atoms with Crippen molar-refractivity contribution < 1.29 is 27.0 Å². The topological polar surface area (TPSA) is 86.8 Å². The summed E-state index contributed by atoms with van der Waals surface area (Å²) in [7, 11) is -0.896. The molecule has 0 bridgehead atoms. The molecule has 1 heterocycles. The molecule has 4 rings (SSSR count). The molecular weight excluding hydrogens is 459 g/mol. The minimum Gasteiger partial charge on any atom is -0.493 e. The number of hydrogen-bond donors (Lipinski definition) is 1.